The van der Waals surface area contributed by atoms with Gasteiger partial charge in [-0.2, -0.15) is 6.07 Å². The number of hydrogen-bond donors (Lipinski definition) is 0. The van der Waals surface area contributed by atoms with Crippen LogP contribution in [0.5, 0.6) is 11.5 Å². The first-order chi connectivity index (χ1) is 40.1. The Labute approximate surface area is 471 Å². The van der Waals surface area contributed by atoms with Crippen molar-refractivity contribution in [2.75, 3.05) is 14.7 Å². The number of anilines is 7. The maximum atomic E-state index is 9.34. The van der Waals surface area contributed by atoms with Gasteiger partial charge >= 0.3 is 0 Å². The topological polar surface area (TPSA) is 31.8 Å². The number of fused-ring (bicyclic) bond motifs is 6. The van der Waals surface area contributed by atoms with Crippen molar-refractivity contribution < 1.29 is 39.5 Å². The van der Waals surface area contributed by atoms with Crippen LogP contribution in [0.2, 0.25) is 0 Å². The fraction of sp³-hybridized carbons (Fsp3) is 0.118. The van der Waals surface area contributed by atoms with Crippen LogP contribution in [0.15, 0.2) is 218 Å². The zero-order valence-corrected chi connectivity index (χ0v) is 45.4. The summed E-state index contributed by atoms with van der Waals surface area (Å²) in [5, 5.41) is 4.99. The Morgan fingerprint density at radius 2 is 1.13 bits per heavy atom. The summed E-state index contributed by atoms with van der Waals surface area (Å²) in [5.41, 5.74) is 7.21. The summed E-state index contributed by atoms with van der Waals surface area (Å²) in [7, 11) is -3.01. The minimum absolute atomic E-state index is 0. The molecule has 3 aliphatic rings. The molecule has 75 heavy (non-hydrogen) atoms. The third kappa shape index (κ3) is 7.97. The molecule has 1 unspecified atom stereocenters. The quantitative estimate of drug-likeness (QED) is 0.112. The van der Waals surface area contributed by atoms with E-state index in [9.17, 15) is 5.48 Å². The molecule has 0 bridgehead atoms. The Balaban J connectivity index is 0.00000709. The molecule has 13 rings (SSSR count). The Morgan fingerprint density at radius 3 is 1.80 bits per heavy atom. The van der Waals surface area contributed by atoms with Crippen molar-refractivity contribution in [3.8, 4) is 44.9 Å². The molecule has 7 heteroatoms. The van der Waals surface area contributed by atoms with Crippen molar-refractivity contribution in [3.05, 3.63) is 248 Å². The fourth-order valence-corrected chi connectivity index (χ4v) is 16.5. The van der Waals surface area contributed by atoms with Gasteiger partial charge in [-0.3, -0.25) is 0 Å². The normalized spacial score (nSPS) is 17.0. The summed E-state index contributed by atoms with van der Waals surface area (Å²) < 4.78 is 96.9. The van der Waals surface area contributed by atoms with Gasteiger partial charge in [-0.1, -0.05) is 203 Å². The molecule has 0 fully saturated rings. The molecule has 0 saturated carbocycles. The second kappa shape index (κ2) is 18.6. The van der Waals surface area contributed by atoms with E-state index in [1.54, 1.807) is 23.7 Å². The molecule has 1 atom stereocenters. The Kier molecular flexibility index (Phi) is 9.38. The SMILES string of the molecule is [2H]c1c([2H])c([2H])c(-c2cc(C(C)(C)C)cc(-c3c([2H])c([2H])c([2H])c([2H])c3[2H])c2N2[CH-]N(c3[c-]c(Oc4[c-]c5c6c(c4)-c4ccccc4[Si]6(c4ccccc4)c4ccccc4N5c4cc(C(C)(C)C)ccn4)ccc3)c3ccccc32)c([2H])c1[2H].[Pt]. The summed E-state index contributed by atoms with van der Waals surface area (Å²) in [5.74, 6) is 1.60. The van der Waals surface area contributed by atoms with Gasteiger partial charge in [-0.25, -0.2) is 4.98 Å². The van der Waals surface area contributed by atoms with Gasteiger partial charge in [-0.15, -0.1) is 53.4 Å². The van der Waals surface area contributed by atoms with Crippen molar-refractivity contribution >= 4 is 68.8 Å². The minimum Gasteiger partial charge on any atom is -0.509 e. The van der Waals surface area contributed by atoms with Crippen LogP contribution in [0, 0.1) is 18.8 Å². The molecular formula is C68H55N4OPtSi-3. The van der Waals surface area contributed by atoms with Gasteiger partial charge < -0.3 is 19.4 Å². The molecule has 3 aliphatic heterocycles. The summed E-state index contributed by atoms with van der Waals surface area (Å²) in [6, 6.07) is 53.6. The van der Waals surface area contributed by atoms with E-state index >= 15 is 0 Å². The second-order valence-electron chi connectivity index (χ2n) is 21.0. The number of pyridine rings is 1. The molecule has 0 N–H and O–H groups in total. The van der Waals surface area contributed by atoms with E-state index in [2.05, 4.69) is 135 Å². The number of ether oxygens (including phenoxy) is 1. The van der Waals surface area contributed by atoms with Crippen molar-refractivity contribution in [2.24, 2.45) is 0 Å². The van der Waals surface area contributed by atoms with Gasteiger partial charge in [0.1, 0.15) is 13.9 Å². The van der Waals surface area contributed by atoms with Crippen LogP contribution >= 0.6 is 0 Å². The number of rotatable bonds is 8. The average molecular weight is 1180 g/mol. The monoisotopic (exact) mass is 1180 g/mol. The van der Waals surface area contributed by atoms with Crippen molar-refractivity contribution in [3.63, 3.8) is 0 Å². The third-order valence-electron chi connectivity index (χ3n) is 14.5. The van der Waals surface area contributed by atoms with E-state index in [1.165, 1.54) is 20.7 Å². The minimum atomic E-state index is -3.01. The van der Waals surface area contributed by atoms with E-state index < -0.39 is 73.9 Å². The van der Waals surface area contributed by atoms with E-state index in [-0.39, 0.29) is 54.4 Å². The van der Waals surface area contributed by atoms with Crippen LogP contribution in [-0.2, 0) is 31.9 Å². The first kappa shape index (κ1) is 37.9. The van der Waals surface area contributed by atoms with Gasteiger partial charge in [0.2, 0.25) is 0 Å². The second-order valence-corrected chi connectivity index (χ2v) is 24.6. The van der Waals surface area contributed by atoms with Crippen molar-refractivity contribution in [1.29, 1.82) is 0 Å². The smallest absolute Gasteiger partial charge is 0.135 e. The maximum absolute atomic E-state index is 9.34. The van der Waals surface area contributed by atoms with Crippen LogP contribution in [0.25, 0.3) is 33.4 Å². The van der Waals surface area contributed by atoms with E-state index in [1.807, 2.05) is 74.3 Å². The van der Waals surface area contributed by atoms with Gasteiger partial charge in [0.25, 0.3) is 0 Å². The predicted octanol–water partition coefficient (Wildman–Crippen LogP) is 15.0. The molecule has 5 nitrogen and oxygen atoms in total. The van der Waals surface area contributed by atoms with Crippen LogP contribution in [0.4, 0.5) is 39.9 Å². The number of hydrogen-bond acceptors (Lipinski definition) is 5. The predicted molar refractivity (Wildman–Crippen MR) is 309 cm³/mol. The van der Waals surface area contributed by atoms with E-state index in [4.69, 9.17) is 17.9 Å². The third-order valence-corrected chi connectivity index (χ3v) is 19.4. The van der Waals surface area contributed by atoms with Crippen molar-refractivity contribution in [2.45, 2.75) is 52.4 Å². The van der Waals surface area contributed by atoms with Crippen LogP contribution in [0.1, 0.15) is 66.4 Å². The van der Waals surface area contributed by atoms with E-state index in [0.29, 0.717) is 34.1 Å². The van der Waals surface area contributed by atoms with Crippen LogP contribution in [-0.4, -0.2) is 13.1 Å². The summed E-state index contributed by atoms with van der Waals surface area (Å²) in [6.07, 6.45) is 1.88. The first-order valence-electron chi connectivity index (χ1n) is 29.8. The molecule has 0 spiro atoms. The van der Waals surface area contributed by atoms with Gasteiger partial charge in [0.05, 0.1) is 13.7 Å². The molecule has 10 aromatic rings. The molecule has 1 aromatic heterocycles. The molecular weight excluding hydrogens is 1110 g/mol. The molecule has 4 heterocycles. The van der Waals surface area contributed by atoms with E-state index in [0.717, 1.165) is 33.9 Å². The number of benzene rings is 9. The molecule has 9 aromatic carbocycles. The Bertz CT molecular complexity index is 4270. The fourth-order valence-electron chi connectivity index (χ4n) is 11.0. The average Bonchev–Trinajstić information content (AvgIpc) is 1.58. The number of para-hydroxylation sites is 3. The number of nitrogens with zero attached hydrogens (tertiary/aromatic N) is 4. The standard InChI is InChI=1S/C68H55N4OSi.Pt/c1-67(2,3)48-37-38-69-64(41-48)72-60-34-19-21-36-63(60)74(53-29-14-9-15-30-53)62-35-20-16-31-54(62)57-43-52(44-61(72)66(57)74)73-51-28-22-27-50(42-51)70-45-71(59-33-18-17-32-58(59)70)65-55(46-23-10-7-11-24-46)39-49(68(4,5)6)40-56(65)47-25-12-8-13-26-47;/h7-41,43,45H,1-6H3;/q-3;/i7D,8D,10D,11D,12D,13D,23D,24D,25D,26D;. The van der Waals surface area contributed by atoms with Crippen molar-refractivity contribution in [1.82, 2.24) is 4.98 Å². The molecule has 0 aliphatic carbocycles. The zero-order valence-electron chi connectivity index (χ0n) is 52.1. The largest absolute Gasteiger partial charge is 0.509 e. The molecule has 370 valence electrons. The van der Waals surface area contributed by atoms with Gasteiger partial charge in [0, 0.05) is 72.6 Å². The summed E-state index contributed by atoms with van der Waals surface area (Å²) in [4.78, 5) is 11.0. The summed E-state index contributed by atoms with van der Waals surface area (Å²) >= 11 is 0. The zero-order chi connectivity index (χ0) is 59.1. The maximum Gasteiger partial charge on any atom is 0.135 e. The van der Waals surface area contributed by atoms with Gasteiger partial charge in [0.15, 0.2) is 0 Å². The first-order valence-corrected chi connectivity index (χ1v) is 26.8. The van der Waals surface area contributed by atoms with Gasteiger partial charge in [-0.05, 0) is 86.3 Å². The molecule has 0 radical (unpaired) electrons. The Hall–Kier alpha value is -7.76. The Morgan fingerprint density at radius 1 is 0.533 bits per heavy atom. The van der Waals surface area contributed by atoms with Crippen LogP contribution < -0.4 is 40.2 Å². The van der Waals surface area contributed by atoms with Crippen LogP contribution in [0.3, 0.4) is 0 Å². The number of aromatic nitrogens is 1. The molecule has 0 amide bonds. The molecule has 0 saturated heterocycles. The summed E-state index contributed by atoms with van der Waals surface area (Å²) in [6.45, 7) is 14.3.